The Kier molecular flexibility index (Phi) is 4.34. The van der Waals surface area contributed by atoms with Gasteiger partial charge < -0.3 is 4.98 Å². The number of hydrogen-bond donors (Lipinski definition) is 2. The minimum atomic E-state index is -4.02. The number of nitrogens with zero attached hydrogens (tertiary/aromatic N) is 1. The van der Waals surface area contributed by atoms with Crippen LogP contribution in [-0.4, -0.2) is 13.4 Å². The summed E-state index contributed by atoms with van der Waals surface area (Å²) in [5.74, 6) is -0.811. The number of nitrogens with one attached hydrogen (secondary N) is 2. The summed E-state index contributed by atoms with van der Waals surface area (Å²) in [7, 11) is -4.02. The molecule has 1 aromatic heterocycles. The Morgan fingerprint density at radius 1 is 0.964 bits per heavy atom. The molecule has 1 heterocycles. The second-order valence-electron chi connectivity index (χ2n) is 6.19. The van der Waals surface area contributed by atoms with Gasteiger partial charge in [0.05, 0.1) is 17.3 Å². The van der Waals surface area contributed by atoms with Crippen molar-refractivity contribution >= 4 is 26.6 Å². The summed E-state index contributed by atoms with van der Waals surface area (Å²) in [5, 5.41) is 9.30. The van der Waals surface area contributed by atoms with Gasteiger partial charge in [0, 0.05) is 17.1 Å². The van der Waals surface area contributed by atoms with Crippen molar-refractivity contribution in [2.45, 2.75) is 4.90 Å². The third kappa shape index (κ3) is 3.21. The molecule has 0 atom stereocenters. The Labute approximate surface area is 161 Å². The van der Waals surface area contributed by atoms with Crippen molar-refractivity contribution in [3.63, 3.8) is 0 Å². The summed E-state index contributed by atoms with van der Waals surface area (Å²) >= 11 is 0. The van der Waals surface area contributed by atoms with Gasteiger partial charge in [-0.05, 0) is 35.4 Å². The highest BCUT2D eigenvalue weighted by Gasteiger charge is 2.21. The van der Waals surface area contributed by atoms with E-state index >= 15 is 0 Å². The number of hydrogen-bond acceptors (Lipinski definition) is 3. The van der Waals surface area contributed by atoms with Gasteiger partial charge in [0.25, 0.3) is 10.0 Å². The molecule has 4 aromatic rings. The molecule has 0 aliphatic heterocycles. The van der Waals surface area contributed by atoms with E-state index in [0.29, 0.717) is 10.9 Å². The predicted molar refractivity (Wildman–Crippen MR) is 106 cm³/mol. The van der Waals surface area contributed by atoms with Crippen molar-refractivity contribution < 1.29 is 12.8 Å². The zero-order chi connectivity index (χ0) is 19.7. The second kappa shape index (κ2) is 6.83. The highest BCUT2D eigenvalue weighted by atomic mass is 32.2. The SMILES string of the molecule is N#Cc1ccc(NS(=O)(=O)c2c[nH]c3cc(-c4ccccc4)ccc23)c(F)c1. The maximum Gasteiger partial charge on any atom is 0.264 e. The van der Waals surface area contributed by atoms with Crippen molar-refractivity contribution in [2.75, 3.05) is 4.72 Å². The van der Waals surface area contributed by atoms with E-state index in [0.717, 1.165) is 17.2 Å². The van der Waals surface area contributed by atoms with Crippen molar-refractivity contribution in [1.29, 1.82) is 5.26 Å². The minimum Gasteiger partial charge on any atom is -0.360 e. The summed E-state index contributed by atoms with van der Waals surface area (Å²) < 4.78 is 41.9. The number of aromatic amines is 1. The lowest BCUT2D eigenvalue weighted by Gasteiger charge is -2.08. The Hall–Kier alpha value is -3.63. The Morgan fingerprint density at radius 3 is 2.46 bits per heavy atom. The number of aromatic nitrogens is 1. The van der Waals surface area contributed by atoms with Crippen LogP contribution >= 0.6 is 0 Å². The molecule has 0 saturated carbocycles. The largest absolute Gasteiger partial charge is 0.360 e. The molecule has 0 bridgehead atoms. The molecular formula is C21H14FN3O2S. The minimum absolute atomic E-state index is 0.0193. The fourth-order valence-corrected chi connectivity index (χ4v) is 4.25. The van der Waals surface area contributed by atoms with Gasteiger partial charge in [-0.2, -0.15) is 5.26 Å². The maximum atomic E-state index is 14.1. The zero-order valence-electron chi connectivity index (χ0n) is 14.5. The lowest BCUT2D eigenvalue weighted by Crippen LogP contribution is -2.13. The van der Waals surface area contributed by atoms with E-state index in [4.69, 9.17) is 5.26 Å². The zero-order valence-corrected chi connectivity index (χ0v) is 15.3. The van der Waals surface area contributed by atoms with Crippen molar-refractivity contribution in [3.8, 4) is 17.2 Å². The molecule has 0 fully saturated rings. The smallest absolute Gasteiger partial charge is 0.264 e. The lowest BCUT2D eigenvalue weighted by atomic mass is 10.0. The van der Waals surface area contributed by atoms with E-state index in [1.807, 2.05) is 42.5 Å². The number of H-pyrrole nitrogens is 1. The molecule has 138 valence electrons. The molecule has 28 heavy (non-hydrogen) atoms. The van der Waals surface area contributed by atoms with Crippen LogP contribution in [0.25, 0.3) is 22.0 Å². The second-order valence-corrected chi connectivity index (χ2v) is 7.84. The molecule has 5 nitrogen and oxygen atoms in total. The highest BCUT2D eigenvalue weighted by molar-refractivity contribution is 7.93. The molecule has 2 N–H and O–H groups in total. The third-order valence-electron chi connectivity index (χ3n) is 4.38. The van der Waals surface area contributed by atoms with E-state index in [1.54, 1.807) is 12.1 Å². The topological polar surface area (TPSA) is 85.8 Å². The van der Waals surface area contributed by atoms with E-state index in [2.05, 4.69) is 9.71 Å². The highest BCUT2D eigenvalue weighted by Crippen LogP contribution is 2.29. The number of halogens is 1. The first-order valence-corrected chi connectivity index (χ1v) is 9.85. The van der Waals surface area contributed by atoms with Crippen molar-refractivity contribution in [2.24, 2.45) is 0 Å². The molecule has 0 aliphatic carbocycles. The number of fused-ring (bicyclic) bond motifs is 1. The fourth-order valence-electron chi connectivity index (χ4n) is 3.00. The van der Waals surface area contributed by atoms with Crippen LogP contribution in [0.3, 0.4) is 0 Å². The van der Waals surface area contributed by atoms with Gasteiger partial charge in [0.1, 0.15) is 10.7 Å². The van der Waals surface area contributed by atoms with E-state index in [1.165, 1.54) is 18.3 Å². The molecule has 0 saturated heterocycles. The summed E-state index contributed by atoms with van der Waals surface area (Å²) in [6, 6.07) is 20.5. The Bertz CT molecular complexity index is 1320. The summed E-state index contributed by atoms with van der Waals surface area (Å²) in [6.45, 7) is 0. The summed E-state index contributed by atoms with van der Waals surface area (Å²) in [5.41, 5.74) is 2.52. The molecular weight excluding hydrogens is 377 g/mol. The Balaban J connectivity index is 1.71. The van der Waals surface area contributed by atoms with Crippen LogP contribution < -0.4 is 4.72 Å². The van der Waals surface area contributed by atoms with Gasteiger partial charge >= 0.3 is 0 Å². The van der Waals surface area contributed by atoms with Crippen LogP contribution in [0.5, 0.6) is 0 Å². The van der Waals surface area contributed by atoms with Gasteiger partial charge in [-0.25, -0.2) is 12.8 Å². The number of benzene rings is 3. The molecule has 4 rings (SSSR count). The normalized spacial score (nSPS) is 11.3. The lowest BCUT2D eigenvalue weighted by molar-refractivity contribution is 0.599. The van der Waals surface area contributed by atoms with E-state index in [9.17, 15) is 12.8 Å². The quantitative estimate of drug-likeness (QED) is 0.531. The first kappa shape index (κ1) is 17.8. The number of rotatable bonds is 4. The molecule has 3 aromatic carbocycles. The van der Waals surface area contributed by atoms with Crippen LogP contribution in [0.2, 0.25) is 0 Å². The van der Waals surface area contributed by atoms with Gasteiger partial charge in [-0.1, -0.05) is 42.5 Å². The first-order chi connectivity index (χ1) is 13.5. The fraction of sp³-hybridized carbons (Fsp3) is 0. The number of sulfonamides is 1. The molecule has 7 heteroatoms. The maximum absolute atomic E-state index is 14.1. The van der Waals surface area contributed by atoms with Crippen LogP contribution in [0.4, 0.5) is 10.1 Å². The Morgan fingerprint density at radius 2 is 1.75 bits per heavy atom. The van der Waals surface area contributed by atoms with E-state index in [-0.39, 0.29) is 16.1 Å². The third-order valence-corrected chi connectivity index (χ3v) is 5.79. The molecule has 0 spiro atoms. The van der Waals surface area contributed by atoms with Gasteiger partial charge in [-0.15, -0.1) is 0 Å². The molecule has 0 radical (unpaired) electrons. The average Bonchev–Trinajstić information content (AvgIpc) is 3.14. The van der Waals surface area contributed by atoms with Crippen LogP contribution in [0, 0.1) is 17.1 Å². The van der Waals surface area contributed by atoms with Gasteiger partial charge in [0.2, 0.25) is 0 Å². The van der Waals surface area contributed by atoms with Crippen LogP contribution in [-0.2, 0) is 10.0 Å². The predicted octanol–water partition coefficient (Wildman–Crippen LogP) is 4.65. The van der Waals surface area contributed by atoms with Gasteiger partial charge in [0.15, 0.2) is 0 Å². The van der Waals surface area contributed by atoms with Gasteiger partial charge in [-0.3, -0.25) is 4.72 Å². The van der Waals surface area contributed by atoms with Crippen LogP contribution in [0.15, 0.2) is 77.8 Å². The summed E-state index contributed by atoms with van der Waals surface area (Å²) in [6.07, 6.45) is 1.38. The first-order valence-electron chi connectivity index (χ1n) is 8.37. The standard InChI is InChI=1S/C21H14FN3O2S/c22-18-10-14(12-23)6-9-19(18)25-28(26,27)21-13-24-20-11-16(7-8-17(20)21)15-4-2-1-3-5-15/h1-11,13,24-25H. The van der Waals surface area contributed by atoms with E-state index < -0.39 is 15.8 Å². The average molecular weight is 391 g/mol. The summed E-state index contributed by atoms with van der Waals surface area (Å²) in [4.78, 5) is 2.99. The number of anilines is 1. The number of nitriles is 1. The molecule has 0 unspecified atom stereocenters. The molecule has 0 aliphatic rings. The van der Waals surface area contributed by atoms with Crippen molar-refractivity contribution in [3.05, 3.63) is 84.3 Å². The van der Waals surface area contributed by atoms with Crippen LogP contribution in [0.1, 0.15) is 5.56 Å². The monoisotopic (exact) mass is 391 g/mol. The van der Waals surface area contributed by atoms with Crippen molar-refractivity contribution in [1.82, 2.24) is 4.98 Å². The molecule has 0 amide bonds.